The molecule has 1 atom stereocenters. The van der Waals surface area contributed by atoms with E-state index in [1.165, 1.54) is 0 Å². The predicted octanol–water partition coefficient (Wildman–Crippen LogP) is 0.915. The van der Waals surface area contributed by atoms with E-state index in [4.69, 9.17) is 16.6 Å². The van der Waals surface area contributed by atoms with Crippen LogP contribution in [-0.2, 0) is 5.54 Å². The molecule has 3 heteroatoms. The molecule has 72 valence electrons. The molecule has 13 heavy (non-hydrogen) atoms. The summed E-state index contributed by atoms with van der Waals surface area (Å²) >= 11 is 0. The van der Waals surface area contributed by atoms with Crippen LogP contribution >= 0.6 is 0 Å². The van der Waals surface area contributed by atoms with Gasteiger partial charge in [0, 0.05) is 5.54 Å². The Labute approximate surface area is 78.4 Å². The van der Waals surface area contributed by atoms with Gasteiger partial charge >= 0.3 is 0 Å². The van der Waals surface area contributed by atoms with Crippen molar-refractivity contribution in [3.8, 4) is 5.75 Å². The summed E-state index contributed by atoms with van der Waals surface area (Å²) in [5.74, 6) is 0.257. The molecule has 1 aromatic rings. The van der Waals surface area contributed by atoms with E-state index in [1.807, 2.05) is 19.1 Å². The molecule has 0 aromatic heterocycles. The van der Waals surface area contributed by atoms with Crippen LogP contribution in [-0.4, -0.2) is 11.7 Å². The standard InChI is InChI=1S/C10H16N2O/c1-10(12,6-7-11)8-2-4-9(13)5-3-8/h2-5,13H,6-7,11-12H2,1H3. The van der Waals surface area contributed by atoms with E-state index in [0.717, 1.165) is 12.0 Å². The van der Waals surface area contributed by atoms with Gasteiger partial charge in [0.1, 0.15) is 5.75 Å². The first-order chi connectivity index (χ1) is 6.06. The van der Waals surface area contributed by atoms with E-state index < -0.39 is 5.54 Å². The van der Waals surface area contributed by atoms with Gasteiger partial charge in [0.25, 0.3) is 0 Å². The summed E-state index contributed by atoms with van der Waals surface area (Å²) < 4.78 is 0. The Morgan fingerprint density at radius 2 is 1.85 bits per heavy atom. The molecular weight excluding hydrogens is 164 g/mol. The SMILES string of the molecule is CC(N)(CCN)c1ccc(O)cc1. The lowest BCUT2D eigenvalue weighted by Gasteiger charge is -2.24. The fraction of sp³-hybridized carbons (Fsp3) is 0.400. The van der Waals surface area contributed by atoms with Gasteiger partial charge < -0.3 is 16.6 Å². The predicted molar refractivity (Wildman–Crippen MR) is 53.3 cm³/mol. The lowest BCUT2D eigenvalue weighted by molar-refractivity contribution is 0.454. The first-order valence-corrected chi connectivity index (χ1v) is 4.35. The summed E-state index contributed by atoms with van der Waals surface area (Å²) in [6, 6.07) is 6.92. The Bertz CT molecular complexity index is 267. The highest BCUT2D eigenvalue weighted by molar-refractivity contribution is 5.30. The lowest BCUT2D eigenvalue weighted by atomic mass is 9.90. The third-order valence-electron chi connectivity index (χ3n) is 2.19. The summed E-state index contributed by atoms with van der Waals surface area (Å²) in [6.45, 7) is 2.50. The zero-order valence-electron chi connectivity index (χ0n) is 7.83. The van der Waals surface area contributed by atoms with Gasteiger partial charge in [-0.05, 0) is 37.6 Å². The smallest absolute Gasteiger partial charge is 0.115 e. The maximum atomic E-state index is 9.09. The number of hydrogen-bond donors (Lipinski definition) is 3. The van der Waals surface area contributed by atoms with Crippen LogP contribution < -0.4 is 11.5 Å². The molecule has 0 fully saturated rings. The van der Waals surface area contributed by atoms with Gasteiger partial charge in [0.2, 0.25) is 0 Å². The van der Waals surface area contributed by atoms with Crippen molar-refractivity contribution < 1.29 is 5.11 Å². The molecule has 0 amide bonds. The minimum atomic E-state index is -0.400. The minimum absolute atomic E-state index is 0.257. The molecule has 0 radical (unpaired) electrons. The van der Waals surface area contributed by atoms with Crippen LogP contribution in [0.5, 0.6) is 5.75 Å². The van der Waals surface area contributed by atoms with Crippen LogP contribution in [0.25, 0.3) is 0 Å². The topological polar surface area (TPSA) is 72.3 Å². The summed E-state index contributed by atoms with van der Waals surface area (Å²) in [5, 5.41) is 9.09. The fourth-order valence-electron chi connectivity index (χ4n) is 1.29. The first kappa shape index (κ1) is 10.0. The quantitative estimate of drug-likeness (QED) is 0.647. The molecule has 0 aliphatic carbocycles. The fourth-order valence-corrected chi connectivity index (χ4v) is 1.29. The van der Waals surface area contributed by atoms with E-state index >= 15 is 0 Å². The highest BCUT2D eigenvalue weighted by Gasteiger charge is 2.19. The van der Waals surface area contributed by atoms with Crippen LogP contribution in [0, 0.1) is 0 Å². The molecule has 1 unspecified atom stereocenters. The number of nitrogens with two attached hydrogens (primary N) is 2. The number of hydrogen-bond acceptors (Lipinski definition) is 3. The lowest BCUT2D eigenvalue weighted by Crippen LogP contribution is -2.35. The van der Waals surface area contributed by atoms with E-state index in [0.29, 0.717) is 6.54 Å². The zero-order chi connectivity index (χ0) is 9.90. The molecule has 0 heterocycles. The highest BCUT2D eigenvalue weighted by Crippen LogP contribution is 2.22. The average Bonchev–Trinajstić information content (AvgIpc) is 2.05. The van der Waals surface area contributed by atoms with Gasteiger partial charge in [-0.3, -0.25) is 0 Å². The molecule has 0 saturated carbocycles. The summed E-state index contributed by atoms with van der Waals surface area (Å²) in [7, 11) is 0. The second kappa shape index (κ2) is 3.77. The van der Waals surface area contributed by atoms with Crippen LogP contribution in [0.2, 0.25) is 0 Å². The van der Waals surface area contributed by atoms with Crippen molar-refractivity contribution in [1.82, 2.24) is 0 Å². The van der Waals surface area contributed by atoms with Gasteiger partial charge in [0.15, 0.2) is 0 Å². The van der Waals surface area contributed by atoms with E-state index in [1.54, 1.807) is 12.1 Å². The van der Waals surface area contributed by atoms with Gasteiger partial charge in [-0.1, -0.05) is 12.1 Å². The first-order valence-electron chi connectivity index (χ1n) is 4.35. The van der Waals surface area contributed by atoms with Crippen molar-refractivity contribution in [2.75, 3.05) is 6.54 Å². The Morgan fingerprint density at radius 3 is 2.31 bits per heavy atom. The van der Waals surface area contributed by atoms with E-state index in [-0.39, 0.29) is 5.75 Å². The van der Waals surface area contributed by atoms with Crippen molar-refractivity contribution in [1.29, 1.82) is 0 Å². The molecule has 0 spiro atoms. The number of benzene rings is 1. The zero-order valence-corrected chi connectivity index (χ0v) is 7.83. The van der Waals surface area contributed by atoms with E-state index in [9.17, 15) is 0 Å². The van der Waals surface area contributed by atoms with Crippen molar-refractivity contribution in [3.05, 3.63) is 29.8 Å². The Balaban J connectivity index is 2.87. The van der Waals surface area contributed by atoms with Gasteiger partial charge in [-0.15, -0.1) is 0 Å². The third-order valence-corrected chi connectivity index (χ3v) is 2.19. The molecule has 5 N–H and O–H groups in total. The van der Waals surface area contributed by atoms with E-state index in [2.05, 4.69) is 0 Å². The summed E-state index contributed by atoms with van der Waals surface area (Å²) in [4.78, 5) is 0. The Kier molecular flexibility index (Phi) is 2.90. The monoisotopic (exact) mass is 180 g/mol. The second-order valence-corrected chi connectivity index (χ2v) is 3.50. The largest absolute Gasteiger partial charge is 0.508 e. The normalized spacial score (nSPS) is 15.3. The molecule has 0 saturated heterocycles. The Hall–Kier alpha value is -1.06. The van der Waals surface area contributed by atoms with Gasteiger partial charge in [-0.2, -0.15) is 0 Å². The Morgan fingerprint density at radius 1 is 1.31 bits per heavy atom. The molecule has 3 nitrogen and oxygen atoms in total. The molecule has 0 aliphatic heterocycles. The maximum absolute atomic E-state index is 9.09. The van der Waals surface area contributed by atoms with Crippen LogP contribution in [0.1, 0.15) is 18.9 Å². The number of phenols is 1. The molecule has 0 bridgehead atoms. The van der Waals surface area contributed by atoms with Crippen LogP contribution in [0.15, 0.2) is 24.3 Å². The van der Waals surface area contributed by atoms with Crippen molar-refractivity contribution in [2.45, 2.75) is 18.9 Å². The van der Waals surface area contributed by atoms with Crippen LogP contribution in [0.3, 0.4) is 0 Å². The third kappa shape index (κ3) is 2.44. The summed E-state index contributed by atoms with van der Waals surface area (Å²) in [5.41, 5.74) is 12.1. The minimum Gasteiger partial charge on any atom is -0.508 e. The number of aromatic hydroxyl groups is 1. The van der Waals surface area contributed by atoms with Crippen molar-refractivity contribution >= 4 is 0 Å². The number of rotatable bonds is 3. The second-order valence-electron chi connectivity index (χ2n) is 3.50. The van der Waals surface area contributed by atoms with Crippen LogP contribution in [0.4, 0.5) is 0 Å². The van der Waals surface area contributed by atoms with Gasteiger partial charge in [0.05, 0.1) is 0 Å². The average molecular weight is 180 g/mol. The maximum Gasteiger partial charge on any atom is 0.115 e. The van der Waals surface area contributed by atoms with Crippen molar-refractivity contribution in [2.24, 2.45) is 11.5 Å². The molecule has 0 aliphatic rings. The summed E-state index contributed by atoms with van der Waals surface area (Å²) in [6.07, 6.45) is 0.734. The van der Waals surface area contributed by atoms with Crippen molar-refractivity contribution in [3.63, 3.8) is 0 Å². The highest BCUT2D eigenvalue weighted by atomic mass is 16.3. The molecule has 1 rings (SSSR count). The molecular formula is C10H16N2O. The van der Waals surface area contributed by atoms with Gasteiger partial charge in [-0.25, -0.2) is 0 Å². The number of phenolic OH excluding ortho intramolecular Hbond substituents is 1. The molecule has 1 aromatic carbocycles.